The number of aromatic nitrogens is 1. The first-order chi connectivity index (χ1) is 10.1. The van der Waals surface area contributed by atoms with Crippen LogP contribution in [0.25, 0.3) is 16.6 Å². The second-order valence-corrected chi connectivity index (χ2v) is 5.42. The molecular weight excluding hydrogens is 334 g/mol. The number of halogens is 1. The second-order valence-electron chi connectivity index (χ2n) is 4.56. The molecule has 0 saturated carbocycles. The lowest BCUT2D eigenvalue weighted by atomic mass is 10.0. The highest BCUT2D eigenvalue weighted by Gasteiger charge is 2.19. The van der Waals surface area contributed by atoms with E-state index in [0.29, 0.717) is 22.4 Å². The molecule has 3 rings (SSSR count). The van der Waals surface area contributed by atoms with Crippen molar-refractivity contribution < 1.29 is 14.6 Å². The maximum absolute atomic E-state index is 11.7. The predicted molar refractivity (Wildman–Crippen MR) is 84.0 cm³/mol. The van der Waals surface area contributed by atoms with Gasteiger partial charge in [0, 0.05) is 22.4 Å². The third-order valence-corrected chi connectivity index (χ3v) is 4.02. The molecule has 0 amide bonds. The number of fused-ring (bicyclic) bond motifs is 1. The molecule has 5 heteroatoms. The fourth-order valence-corrected chi connectivity index (χ4v) is 2.96. The van der Waals surface area contributed by atoms with Crippen molar-refractivity contribution in [3.63, 3.8) is 0 Å². The minimum absolute atomic E-state index is 0.293. The SMILES string of the molecule is COc1ccc(-c2cn3ccccc3c2C(=O)O)c(Br)c1. The number of aromatic carboxylic acids is 1. The van der Waals surface area contributed by atoms with Gasteiger partial charge in [-0.25, -0.2) is 4.79 Å². The number of methoxy groups -OCH3 is 1. The van der Waals surface area contributed by atoms with Gasteiger partial charge in [0.05, 0.1) is 18.2 Å². The van der Waals surface area contributed by atoms with Gasteiger partial charge < -0.3 is 14.2 Å². The molecule has 21 heavy (non-hydrogen) atoms. The number of nitrogens with zero attached hydrogens (tertiary/aromatic N) is 1. The van der Waals surface area contributed by atoms with Crippen molar-refractivity contribution >= 4 is 27.4 Å². The van der Waals surface area contributed by atoms with E-state index in [0.717, 1.165) is 10.0 Å². The van der Waals surface area contributed by atoms with E-state index in [-0.39, 0.29) is 0 Å². The molecule has 1 aromatic carbocycles. The van der Waals surface area contributed by atoms with Crippen molar-refractivity contribution in [2.45, 2.75) is 0 Å². The van der Waals surface area contributed by atoms with Crippen LogP contribution in [0.1, 0.15) is 10.4 Å². The minimum atomic E-state index is -0.943. The van der Waals surface area contributed by atoms with Crippen LogP contribution in [0.5, 0.6) is 5.75 Å². The van der Waals surface area contributed by atoms with Gasteiger partial charge in [0.2, 0.25) is 0 Å². The molecule has 4 nitrogen and oxygen atoms in total. The number of pyridine rings is 1. The van der Waals surface area contributed by atoms with E-state index in [1.165, 1.54) is 0 Å². The smallest absolute Gasteiger partial charge is 0.338 e. The summed E-state index contributed by atoms with van der Waals surface area (Å²) >= 11 is 3.48. The lowest BCUT2D eigenvalue weighted by Crippen LogP contribution is -1.98. The fourth-order valence-electron chi connectivity index (χ4n) is 2.39. The van der Waals surface area contributed by atoms with E-state index in [1.807, 2.05) is 47.1 Å². The Kier molecular flexibility index (Phi) is 3.43. The van der Waals surface area contributed by atoms with Crippen LogP contribution < -0.4 is 4.74 Å². The summed E-state index contributed by atoms with van der Waals surface area (Å²) < 4.78 is 7.78. The van der Waals surface area contributed by atoms with Gasteiger partial charge >= 0.3 is 5.97 Å². The highest BCUT2D eigenvalue weighted by molar-refractivity contribution is 9.10. The van der Waals surface area contributed by atoms with E-state index in [9.17, 15) is 9.90 Å². The Balaban J connectivity index is 2.29. The van der Waals surface area contributed by atoms with Crippen LogP contribution in [-0.4, -0.2) is 22.6 Å². The van der Waals surface area contributed by atoms with Crippen LogP contribution in [0.15, 0.2) is 53.3 Å². The minimum Gasteiger partial charge on any atom is -0.497 e. The summed E-state index contributed by atoms with van der Waals surface area (Å²) in [6.07, 6.45) is 3.66. The summed E-state index contributed by atoms with van der Waals surface area (Å²) in [4.78, 5) is 11.7. The third-order valence-electron chi connectivity index (χ3n) is 3.36. The van der Waals surface area contributed by atoms with Crippen molar-refractivity contribution in [1.82, 2.24) is 4.40 Å². The van der Waals surface area contributed by atoms with Crippen LogP contribution in [0.4, 0.5) is 0 Å². The number of hydrogen-bond donors (Lipinski definition) is 1. The summed E-state index contributed by atoms with van der Waals surface area (Å²) in [5, 5.41) is 9.55. The number of rotatable bonds is 3. The zero-order chi connectivity index (χ0) is 15.0. The maximum atomic E-state index is 11.7. The molecule has 2 heterocycles. The average molecular weight is 346 g/mol. The van der Waals surface area contributed by atoms with Crippen molar-refractivity contribution in [3.8, 4) is 16.9 Å². The molecule has 0 spiro atoms. The van der Waals surface area contributed by atoms with Gasteiger partial charge in [-0.05, 0) is 35.9 Å². The van der Waals surface area contributed by atoms with Crippen molar-refractivity contribution in [2.24, 2.45) is 0 Å². The molecule has 0 unspecified atom stereocenters. The molecule has 0 aliphatic heterocycles. The fraction of sp³-hybridized carbons (Fsp3) is 0.0625. The molecule has 0 aliphatic rings. The summed E-state index contributed by atoms with van der Waals surface area (Å²) in [7, 11) is 1.59. The highest BCUT2D eigenvalue weighted by atomic mass is 79.9. The van der Waals surface area contributed by atoms with Crippen molar-refractivity contribution in [2.75, 3.05) is 7.11 Å². The topological polar surface area (TPSA) is 50.9 Å². The number of ether oxygens (including phenoxy) is 1. The lowest BCUT2D eigenvalue weighted by Gasteiger charge is -2.06. The number of benzene rings is 1. The van der Waals surface area contributed by atoms with Crippen LogP contribution in [-0.2, 0) is 0 Å². The van der Waals surface area contributed by atoms with E-state index < -0.39 is 5.97 Å². The van der Waals surface area contributed by atoms with Gasteiger partial charge in [-0.3, -0.25) is 0 Å². The van der Waals surface area contributed by atoms with Gasteiger partial charge in [0.25, 0.3) is 0 Å². The third kappa shape index (κ3) is 2.29. The molecule has 0 saturated heterocycles. The molecule has 0 aliphatic carbocycles. The Morgan fingerprint density at radius 1 is 1.24 bits per heavy atom. The summed E-state index contributed by atoms with van der Waals surface area (Å²) in [6.45, 7) is 0. The lowest BCUT2D eigenvalue weighted by molar-refractivity contribution is 0.0700. The Labute approximate surface area is 129 Å². The monoisotopic (exact) mass is 345 g/mol. The maximum Gasteiger partial charge on any atom is 0.338 e. The zero-order valence-electron chi connectivity index (χ0n) is 11.2. The van der Waals surface area contributed by atoms with Gasteiger partial charge in [0.1, 0.15) is 5.75 Å². The summed E-state index contributed by atoms with van der Waals surface area (Å²) in [5.74, 6) is -0.229. The van der Waals surface area contributed by atoms with E-state index in [2.05, 4.69) is 15.9 Å². The molecule has 0 fully saturated rings. The Morgan fingerprint density at radius 2 is 2.05 bits per heavy atom. The molecular formula is C16H12BrNO3. The van der Waals surface area contributed by atoms with Crippen LogP contribution in [0.3, 0.4) is 0 Å². The van der Waals surface area contributed by atoms with Crippen LogP contribution in [0, 0.1) is 0 Å². The van der Waals surface area contributed by atoms with E-state index in [1.54, 1.807) is 13.2 Å². The first-order valence-corrected chi connectivity index (χ1v) is 7.08. The largest absolute Gasteiger partial charge is 0.497 e. The molecule has 1 N–H and O–H groups in total. The number of carboxylic acids is 1. The van der Waals surface area contributed by atoms with Gasteiger partial charge in [-0.2, -0.15) is 0 Å². The van der Waals surface area contributed by atoms with Crippen molar-refractivity contribution in [3.05, 3.63) is 58.8 Å². The molecule has 3 aromatic rings. The average Bonchev–Trinajstić information content (AvgIpc) is 2.86. The highest BCUT2D eigenvalue weighted by Crippen LogP contribution is 2.35. The zero-order valence-corrected chi connectivity index (χ0v) is 12.8. The van der Waals surface area contributed by atoms with Gasteiger partial charge in [0.15, 0.2) is 0 Å². The summed E-state index contributed by atoms with van der Waals surface area (Å²) in [5.41, 5.74) is 2.45. The van der Waals surface area contributed by atoms with E-state index in [4.69, 9.17) is 4.74 Å². The van der Waals surface area contributed by atoms with Crippen LogP contribution >= 0.6 is 15.9 Å². The first kappa shape index (κ1) is 13.7. The standard InChI is InChI=1S/C16H12BrNO3/c1-21-10-5-6-11(13(17)8-10)12-9-18-7-3-2-4-14(18)15(12)16(19)20/h2-9H,1H3,(H,19,20). The second kappa shape index (κ2) is 5.26. The predicted octanol–water partition coefficient (Wildman–Crippen LogP) is 4.08. The molecule has 0 bridgehead atoms. The molecule has 0 atom stereocenters. The molecule has 0 radical (unpaired) electrons. The van der Waals surface area contributed by atoms with Crippen LogP contribution in [0.2, 0.25) is 0 Å². The number of hydrogen-bond acceptors (Lipinski definition) is 2. The molecule has 106 valence electrons. The Morgan fingerprint density at radius 3 is 2.71 bits per heavy atom. The quantitative estimate of drug-likeness (QED) is 0.778. The van der Waals surface area contributed by atoms with Gasteiger partial charge in [-0.15, -0.1) is 0 Å². The Hall–Kier alpha value is -2.27. The normalized spacial score (nSPS) is 10.8. The van der Waals surface area contributed by atoms with E-state index >= 15 is 0 Å². The first-order valence-electron chi connectivity index (χ1n) is 6.28. The van der Waals surface area contributed by atoms with Crippen molar-refractivity contribution in [1.29, 1.82) is 0 Å². The number of carboxylic acid groups (broad SMARTS) is 1. The number of carbonyl (C=O) groups is 1. The Bertz CT molecular complexity index is 839. The summed E-state index contributed by atoms with van der Waals surface area (Å²) in [6, 6.07) is 11.0. The van der Waals surface area contributed by atoms with Gasteiger partial charge in [-0.1, -0.05) is 22.0 Å². The molecule has 2 aromatic heterocycles.